The normalized spacial score (nSPS) is 15.6. The Kier molecular flexibility index (Phi) is 6.13. The number of ether oxygens (including phenoxy) is 1. The number of aldehydes is 1. The zero-order valence-electron chi connectivity index (χ0n) is 14.9. The molecule has 0 aliphatic carbocycles. The summed E-state index contributed by atoms with van der Waals surface area (Å²) in [5.41, 5.74) is 1.55. The molecule has 1 aliphatic heterocycles. The molecule has 0 atom stereocenters. The zero-order valence-corrected chi connectivity index (χ0v) is 14.9. The second-order valence-corrected chi connectivity index (χ2v) is 6.29. The third-order valence-electron chi connectivity index (χ3n) is 4.40. The Morgan fingerprint density at radius 1 is 1.18 bits per heavy atom. The van der Waals surface area contributed by atoms with Gasteiger partial charge in [-0.1, -0.05) is 6.07 Å². The fourth-order valence-electron chi connectivity index (χ4n) is 3.14. The topological polar surface area (TPSA) is 67.4 Å². The number of carbonyl (C=O) groups excluding carboxylic acids is 1. The van der Waals surface area contributed by atoms with E-state index in [1.807, 2.05) is 12.1 Å². The molecule has 1 fully saturated rings. The highest BCUT2D eigenvalue weighted by atomic mass is 19.4. The lowest BCUT2D eigenvalue weighted by molar-refractivity contribution is -0.276. The predicted octanol–water partition coefficient (Wildman–Crippen LogP) is 4.01. The number of anilines is 2. The summed E-state index contributed by atoms with van der Waals surface area (Å²) < 4.78 is 40.5. The van der Waals surface area contributed by atoms with Crippen LogP contribution in [0.25, 0.3) is 0 Å². The summed E-state index contributed by atoms with van der Waals surface area (Å²) in [5, 5.41) is 3.12. The molecule has 0 aromatic carbocycles. The third kappa shape index (κ3) is 5.45. The average Bonchev–Trinajstić information content (AvgIpc) is 2.68. The van der Waals surface area contributed by atoms with Crippen LogP contribution in [0.1, 0.15) is 24.3 Å². The molecular formula is C19H19F3N4O2. The van der Waals surface area contributed by atoms with Gasteiger partial charge in [0.05, 0.1) is 11.9 Å². The van der Waals surface area contributed by atoms with Gasteiger partial charge < -0.3 is 15.0 Å². The van der Waals surface area contributed by atoms with Crippen molar-refractivity contribution in [3.05, 3.63) is 54.5 Å². The van der Waals surface area contributed by atoms with Gasteiger partial charge in [-0.05, 0) is 42.5 Å². The minimum atomic E-state index is -4.77. The number of nitrogens with one attached hydrogen (secondary N) is 1. The van der Waals surface area contributed by atoms with Gasteiger partial charge in [-0.15, -0.1) is 13.2 Å². The minimum Gasteiger partial charge on any atom is -0.388 e. The fraction of sp³-hybridized carbons (Fsp3) is 0.316. The molecule has 9 heteroatoms. The number of halogens is 3. The van der Waals surface area contributed by atoms with E-state index in [9.17, 15) is 18.0 Å². The molecule has 0 bridgehead atoms. The van der Waals surface area contributed by atoms with Crippen LogP contribution in [0.2, 0.25) is 0 Å². The number of allylic oxidation sites excluding steroid dienone is 1. The van der Waals surface area contributed by atoms with Gasteiger partial charge in [0.15, 0.2) is 0 Å². The van der Waals surface area contributed by atoms with Crippen LogP contribution in [0.4, 0.5) is 24.7 Å². The Bertz CT molecular complexity index is 817. The molecule has 0 radical (unpaired) electrons. The number of piperidine rings is 1. The molecule has 1 aliphatic rings. The van der Waals surface area contributed by atoms with Gasteiger partial charge in [-0.2, -0.15) is 0 Å². The lowest BCUT2D eigenvalue weighted by Crippen LogP contribution is -2.29. The first kappa shape index (κ1) is 19.7. The smallest absolute Gasteiger partial charge is 0.388 e. The van der Waals surface area contributed by atoms with Crippen molar-refractivity contribution < 1.29 is 22.7 Å². The van der Waals surface area contributed by atoms with Crippen LogP contribution in [0.3, 0.4) is 0 Å². The van der Waals surface area contributed by atoms with E-state index in [2.05, 4.69) is 24.9 Å². The van der Waals surface area contributed by atoms with Crippen LogP contribution in [0.5, 0.6) is 5.88 Å². The van der Waals surface area contributed by atoms with E-state index in [0.717, 1.165) is 43.8 Å². The quantitative estimate of drug-likeness (QED) is 0.592. The van der Waals surface area contributed by atoms with Crippen molar-refractivity contribution in [1.82, 2.24) is 14.9 Å². The first-order chi connectivity index (χ1) is 13.4. The summed E-state index contributed by atoms with van der Waals surface area (Å²) >= 11 is 0. The van der Waals surface area contributed by atoms with E-state index in [1.165, 1.54) is 18.3 Å². The largest absolute Gasteiger partial charge is 0.574 e. The average molecular weight is 392 g/mol. The van der Waals surface area contributed by atoms with Crippen molar-refractivity contribution in [2.75, 3.05) is 18.4 Å². The van der Waals surface area contributed by atoms with Gasteiger partial charge in [-0.3, -0.25) is 4.79 Å². The third-order valence-corrected chi connectivity index (χ3v) is 4.40. The summed E-state index contributed by atoms with van der Waals surface area (Å²) in [4.78, 5) is 20.6. The van der Waals surface area contributed by atoms with Crippen molar-refractivity contribution in [2.45, 2.75) is 25.1 Å². The monoisotopic (exact) mass is 392 g/mol. The summed E-state index contributed by atoms with van der Waals surface area (Å²) in [6, 6.07) is 6.46. The summed E-state index contributed by atoms with van der Waals surface area (Å²) in [7, 11) is 0. The number of hydrogen-bond acceptors (Lipinski definition) is 6. The van der Waals surface area contributed by atoms with E-state index in [0.29, 0.717) is 11.5 Å². The maximum atomic E-state index is 12.2. The molecule has 3 rings (SSSR count). The Morgan fingerprint density at radius 2 is 1.96 bits per heavy atom. The van der Waals surface area contributed by atoms with Crippen LogP contribution < -0.4 is 10.1 Å². The predicted molar refractivity (Wildman–Crippen MR) is 97.2 cm³/mol. The van der Waals surface area contributed by atoms with Gasteiger partial charge in [0.25, 0.3) is 0 Å². The number of carbonyl (C=O) groups is 1. The maximum absolute atomic E-state index is 12.2. The maximum Gasteiger partial charge on any atom is 0.574 e. The van der Waals surface area contributed by atoms with Crippen molar-refractivity contribution in [3.8, 4) is 5.88 Å². The molecule has 3 heterocycles. The minimum absolute atomic E-state index is 0.290. The van der Waals surface area contributed by atoms with E-state index in [-0.39, 0.29) is 5.92 Å². The van der Waals surface area contributed by atoms with E-state index < -0.39 is 12.2 Å². The Morgan fingerprint density at radius 3 is 2.61 bits per heavy atom. The molecule has 0 spiro atoms. The number of pyridine rings is 2. The summed E-state index contributed by atoms with van der Waals surface area (Å²) in [6.07, 6.45) is 3.99. The molecule has 28 heavy (non-hydrogen) atoms. The molecule has 148 valence electrons. The Hall–Kier alpha value is -3.10. The standard InChI is InChI=1S/C19H19F3N4O2/c20-19(21,22)28-17-5-4-15(13-24-17)25-18-16(3-1-8-23-18)14-6-10-26(11-7-14)9-2-12-27/h1-5,8-9,12-14H,6-7,10-11H2,(H,23,25). The summed E-state index contributed by atoms with van der Waals surface area (Å²) in [5.74, 6) is 0.420. The van der Waals surface area contributed by atoms with Crippen LogP contribution in [-0.2, 0) is 4.79 Å². The number of alkyl halides is 3. The van der Waals surface area contributed by atoms with Crippen molar-refractivity contribution >= 4 is 17.8 Å². The van der Waals surface area contributed by atoms with Gasteiger partial charge in [0.1, 0.15) is 12.1 Å². The lowest BCUT2D eigenvalue weighted by atomic mass is 9.89. The first-order valence-electron chi connectivity index (χ1n) is 8.74. The number of hydrogen-bond donors (Lipinski definition) is 1. The van der Waals surface area contributed by atoms with E-state index in [4.69, 9.17) is 0 Å². The van der Waals surface area contributed by atoms with Crippen LogP contribution >= 0.6 is 0 Å². The highest BCUT2D eigenvalue weighted by molar-refractivity contribution is 5.64. The van der Waals surface area contributed by atoms with Crippen molar-refractivity contribution in [1.29, 1.82) is 0 Å². The molecule has 1 saturated heterocycles. The molecule has 1 N–H and O–H groups in total. The van der Waals surface area contributed by atoms with Gasteiger partial charge >= 0.3 is 6.36 Å². The second-order valence-electron chi connectivity index (χ2n) is 6.29. The highest BCUT2D eigenvalue weighted by Gasteiger charge is 2.31. The molecule has 0 unspecified atom stereocenters. The molecule has 2 aromatic rings. The molecule has 0 saturated carbocycles. The van der Waals surface area contributed by atoms with Gasteiger partial charge in [0.2, 0.25) is 5.88 Å². The number of likely N-dealkylation sites (tertiary alicyclic amines) is 1. The van der Waals surface area contributed by atoms with Crippen LogP contribution in [-0.4, -0.2) is 40.6 Å². The molecular weight excluding hydrogens is 373 g/mol. The fourth-order valence-corrected chi connectivity index (χ4v) is 3.14. The van der Waals surface area contributed by atoms with Gasteiger partial charge in [-0.25, -0.2) is 9.97 Å². The van der Waals surface area contributed by atoms with E-state index in [1.54, 1.807) is 12.4 Å². The lowest BCUT2D eigenvalue weighted by Gasteiger charge is -2.31. The SMILES string of the molecule is O=CC=CN1CCC(c2cccnc2Nc2ccc(OC(F)(F)F)nc2)CC1. The Balaban J connectivity index is 1.68. The number of nitrogens with zero attached hydrogens (tertiary/aromatic N) is 3. The van der Waals surface area contributed by atoms with Crippen molar-refractivity contribution in [3.63, 3.8) is 0 Å². The molecule has 2 aromatic heterocycles. The highest BCUT2D eigenvalue weighted by Crippen LogP contribution is 2.33. The van der Waals surface area contributed by atoms with Crippen LogP contribution in [0, 0.1) is 0 Å². The summed E-state index contributed by atoms with van der Waals surface area (Å²) in [6.45, 7) is 1.66. The molecule has 6 nitrogen and oxygen atoms in total. The zero-order chi connectivity index (χ0) is 20.0. The van der Waals surface area contributed by atoms with Gasteiger partial charge in [0, 0.05) is 31.6 Å². The first-order valence-corrected chi connectivity index (χ1v) is 8.74. The second kappa shape index (κ2) is 8.73. The number of rotatable bonds is 6. The number of aromatic nitrogens is 2. The van der Waals surface area contributed by atoms with Crippen LogP contribution in [0.15, 0.2) is 48.9 Å². The van der Waals surface area contributed by atoms with E-state index >= 15 is 0 Å². The molecule has 0 amide bonds. The van der Waals surface area contributed by atoms with Crippen molar-refractivity contribution in [2.24, 2.45) is 0 Å². The Labute approximate surface area is 160 Å².